The minimum Gasteiger partial charge on any atom is -0.383 e. The fraction of sp³-hybridized carbons (Fsp3) is 0.305. The molecule has 2 unspecified atom stereocenters. The third-order valence-electron chi connectivity index (χ3n) is 16.4. The van der Waals surface area contributed by atoms with Crippen LogP contribution in [0.2, 0.25) is 0 Å². The van der Waals surface area contributed by atoms with Crippen LogP contribution in [0.3, 0.4) is 0 Å². The summed E-state index contributed by atoms with van der Waals surface area (Å²) in [6.07, 6.45) is 28.6. The van der Waals surface area contributed by atoms with Gasteiger partial charge in [-0.05, 0) is 154 Å². The molecule has 0 saturated heterocycles. The van der Waals surface area contributed by atoms with Crippen LogP contribution >= 0.6 is 23.1 Å². The molecule has 312 valence electrons. The van der Waals surface area contributed by atoms with Gasteiger partial charge in [0, 0.05) is 47.7 Å². The number of nitrogens with zero attached hydrogens (tertiary/aromatic N) is 1. The Balaban J connectivity index is 0.908. The smallest absolute Gasteiger partial charge is 0.133 e. The first-order valence-corrected chi connectivity index (χ1v) is 25.6. The molecule has 2 atom stereocenters. The monoisotopic (exact) mass is 854 g/mol. The molecule has 2 heterocycles. The Bertz CT molecular complexity index is 3100. The van der Waals surface area contributed by atoms with Crippen LogP contribution in [0, 0.1) is 0 Å². The van der Waals surface area contributed by atoms with E-state index in [1.54, 1.807) is 33.4 Å². The van der Waals surface area contributed by atoms with Crippen molar-refractivity contribution in [3.8, 4) is 22.3 Å². The molecule has 1 aliphatic heterocycles. The van der Waals surface area contributed by atoms with Crippen molar-refractivity contribution in [2.24, 2.45) is 10.7 Å². The number of amidine groups is 1. The van der Waals surface area contributed by atoms with Crippen LogP contribution in [0.1, 0.15) is 130 Å². The zero-order valence-corrected chi connectivity index (χ0v) is 37.9. The van der Waals surface area contributed by atoms with Gasteiger partial charge in [-0.25, -0.2) is 4.99 Å². The molecule has 4 heteroatoms. The Hall–Kier alpha value is -5.16. The number of thioether (sulfide) groups is 1. The van der Waals surface area contributed by atoms with E-state index in [1.165, 1.54) is 136 Å². The van der Waals surface area contributed by atoms with Crippen molar-refractivity contribution in [1.29, 1.82) is 0 Å². The van der Waals surface area contributed by atoms with E-state index in [0.717, 1.165) is 17.0 Å². The first-order chi connectivity index (χ1) is 31.0. The quantitative estimate of drug-likeness (QED) is 0.139. The Morgan fingerprint density at radius 1 is 0.698 bits per heavy atom. The highest BCUT2D eigenvalue weighted by atomic mass is 32.2. The lowest BCUT2D eigenvalue weighted by atomic mass is 9.66. The van der Waals surface area contributed by atoms with Gasteiger partial charge in [-0.15, -0.1) is 11.3 Å². The Morgan fingerprint density at radius 2 is 1.43 bits per heavy atom. The topological polar surface area (TPSA) is 38.4 Å². The van der Waals surface area contributed by atoms with E-state index in [2.05, 4.69) is 134 Å². The van der Waals surface area contributed by atoms with Gasteiger partial charge in [0.2, 0.25) is 0 Å². The van der Waals surface area contributed by atoms with Gasteiger partial charge in [0.15, 0.2) is 0 Å². The molecule has 13 rings (SSSR count). The first-order valence-electron chi connectivity index (χ1n) is 23.9. The van der Waals surface area contributed by atoms with E-state index in [9.17, 15) is 0 Å². The molecule has 2 N–H and O–H groups in total. The summed E-state index contributed by atoms with van der Waals surface area (Å²) >= 11 is 3.72. The Kier molecular flexibility index (Phi) is 8.93. The fourth-order valence-electron chi connectivity index (χ4n) is 13.3. The molecule has 5 aromatic carbocycles. The summed E-state index contributed by atoms with van der Waals surface area (Å²) in [5.41, 5.74) is 27.8. The minimum atomic E-state index is 0.128. The van der Waals surface area contributed by atoms with Gasteiger partial charge in [-0.3, -0.25) is 0 Å². The summed E-state index contributed by atoms with van der Waals surface area (Å²) in [6.45, 7) is 2.32. The maximum Gasteiger partial charge on any atom is 0.133 e. The SMILES string of the molecule is CC(C1=C(N=C(N)c2cccc3c2sc2ccc(-c4ccc5c(c4)-c4cc6c(cc4C54CCCCC4)C4=CCCC=C4C64CCCCC4)cc23)SC2CC=CC=C12)c1ccccc1. The van der Waals surface area contributed by atoms with Gasteiger partial charge in [-0.1, -0.05) is 148 Å². The van der Waals surface area contributed by atoms with E-state index in [1.807, 2.05) is 23.1 Å². The van der Waals surface area contributed by atoms with Crippen LogP contribution in [0.5, 0.6) is 0 Å². The minimum absolute atomic E-state index is 0.128. The lowest BCUT2D eigenvalue weighted by Crippen LogP contribution is -2.29. The van der Waals surface area contributed by atoms with Crippen molar-refractivity contribution in [2.75, 3.05) is 0 Å². The van der Waals surface area contributed by atoms with E-state index in [4.69, 9.17) is 10.7 Å². The molecule has 63 heavy (non-hydrogen) atoms. The predicted octanol–water partition coefficient (Wildman–Crippen LogP) is 16.0. The number of hydrogen-bond donors (Lipinski definition) is 1. The molecular weight excluding hydrogens is 801 g/mol. The summed E-state index contributed by atoms with van der Waals surface area (Å²) in [5.74, 6) is 0.823. The summed E-state index contributed by atoms with van der Waals surface area (Å²) in [4.78, 5) is 5.31. The second kappa shape index (κ2) is 14.7. The van der Waals surface area contributed by atoms with E-state index >= 15 is 0 Å². The van der Waals surface area contributed by atoms with Crippen LogP contribution in [-0.2, 0) is 10.8 Å². The van der Waals surface area contributed by atoms with Crippen molar-refractivity contribution >= 4 is 54.7 Å². The van der Waals surface area contributed by atoms with Gasteiger partial charge in [0.1, 0.15) is 10.9 Å². The largest absolute Gasteiger partial charge is 0.383 e. The van der Waals surface area contributed by atoms with Gasteiger partial charge < -0.3 is 5.73 Å². The maximum atomic E-state index is 7.11. The third-order valence-corrected chi connectivity index (χ3v) is 18.8. The number of aliphatic imine (C=N–C) groups is 1. The summed E-state index contributed by atoms with van der Waals surface area (Å²) in [7, 11) is 0. The van der Waals surface area contributed by atoms with Crippen molar-refractivity contribution < 1.29 is 0 Å². The zero-order valence-electron chi connectivity index (χ0n) is 36.3. The fourth-order valence-corrected chi connectivity index (χ4v) is 15.9. The molecule has 2 spiro atoms. The van der Waals surface area contributed by atoms with E-state index in [0.29, 0.717) is 11.1 Å². The highest BCUT2D eigenvalue weighted by Crippen LogP contribution is 2.63. The molecule has 2 fully saturated rings. The number of rotatable bonds is 5. The van der Waals surface area contributed by atoms with E-state index in [-0.39, 0.29) is 16.7 Å². The van der Waals surface area contributed by atoms with Crippen molar-refractivity contribution in [1.82, 2.24) is 0 Å². The van der Waals surface area contributed by atoms with Gasteiger partial charge in [0.05, 0.1) is 0 Å². The highest BCUT2D eigenvalue weighted by molar-refractivity contribution is 8.04. The van der Waals surface area contributed by atoms with Crippen LogP contribution in [0.4, 0.5) is 0 Å². The van der Waals surface area contributed by atoms with E-state index < -0.39 is 0 Å². The second-order valence-electron chi connectivity index (χ2n) is 19.5. The lowest BCUT2D eigenvalue weighted by Gasteiger charge is -2.37. The predicted molar refractivity (Wildman–Crippen MR) is 270 cm³/mol. The Morgan fingerprint density at radius 3 is 2.27 bits per heavy atom. The van der Waals surface area contributed by atoms with Crippen LogP contribution in [-0.4, -0.2) is 11.1 Å². The molecule has 0 radical (unpaired) electrons. The Labute approximate surface area is 380 Å². The number of allylic oxidation sites excluding steroid dienone is 8. The highest BCUT2D eigenvalue weighted by Gasteiger charge is 2.50. The molecule has 1 aromatic heterocycles. The van der Waals surface area contributed by atoms with Crippen LogP contribution in [0.15, 0.2) is 154 Å². The van der Waals surface area contributed by atoms with Crippen molar-refractivity contribution in [3.05, 3.63) is 183 Å². The summed E-state index contributed by atoms with van der Waals surface area (Å²) in [6, 6.07) is 37.6. The maximum absolute atomic E-state index is 7.11. The molecule has 0 bridgehead atoms. The zero-order chi connectivity index (χ0) is 41.9. The average Bonchev–Trinajstić information content (AvgIpc) is 4.04. The second-order valence-corrected chi connectivity index (χ2v) is 21.8. The number of benzene rings is 5. The van der Waals surface area contributed by atoms with Crippen LogP contribution < -0.4 is 5.73 Å². The normalized spacial score (nSPS) is 22.1. The summed E-state index contributed by atoms with van der Waals surface area (Å²) < 4.78 is 2.50. The van der Waals surface area contributed by atoms with Crippen LogP contribution in [0.25, 0.3) is 48.0 Å². The number of thiophene rings is 1. The van der Waals surface area contributed by atoms with Gasteiger partial charge >= 0.3 is 0 Å². The number of hydrogen-bond acceptors (Lipinski definition) is 3. The lowest BCUT2D eigenvalue weighted by molar-refractivity contribution is 0.349. The van der Waals surface area contributed by atoms with Crippen molar-refractivity contribution in [3.63, 3.8) is 0 Å². The van der Waals surface area contributed by atoms with Gasteiger partial charge in [-0.2, -0.15) is 0 Å². The third kappa shape index (κ3) is 5.72. The molecular formula is C59H54N2S2. The molecule has 7 aliphatic rings. The molecule has 6 aliphatic carbocycles. The first kappa shape index (κ1) is 38.3. The number of nitrogens with two attached hydrogens (primary N) is 1. The van der Waals surface area contributed by atoms with Gasteiger partial charge in [0.25, 0.3) is 0 Å². The summed E-state index contributed by atoms with van der Waals surface area (Å²) in [5, 5.41) is 3.99. The molecule has 6 aromatic rings. The molecule has 0 amide bonds. The number of fused-ring (bicyclic) bond motifs is 14. The molecule has 2 nitrogen and oxygen atoms in total. The standard InChI is InChI=1S/C59H54N2S2/c1-36(37-16-5-2-6-17-37)54-42-19-8-10-23-52(42)63-57(54)61-56(60)43-21-15-20-41-47-33-39(25-27-53(47)62-55(41)43)38-24-26-49-44(32-38)46-35-50-45(34-51(46)59(49)30-13-4-14-31-59)40-18-7-9-22-48(40)58(50)28-11-3-12-29-58/h2,5-6,8,10,15-22,24-27,32-36,52H,3-4,7,9,11-14,23,28-31H2,1H3,(H2,60,61). The molecule has 2 saturated carbocycles. The average molecular weight is 855 g/mol. The van der Waals surface area contributed by atoms with Crippen molar-refractivity contribution in [2.45, 2.75) is 112 Å².